The number of piperidine rings is 1. The Morgan fingerprint density at radius 3 is 3.05 bits per heavy atom. The van der Waals surface area contributed by atoms with Crippen molar-refractivity contribution < 1.29 is 4.79 Å². The van der Waals surface area contributed by atoms with Crippen molar-refractivity contribution in [2.24, 2.45) is 5.92 Å². The minimum atomic E-state index is -0.0108. The van der Waals surface area contributed by atoms with Crippen molar-refractivity contribution in [3.8, 4) is 0 Å². The van der Waals surface area contributed by atoms with Gasteiger partial charge in [-0.3, -0.25) is 4.79 Å². The molecule has 3 N–H and O–H groups in total. The summed E-state index contributed by atoms with van der Waals surface area (Å²) in [5, 5.41) is 3.06. The third-order valence-electron chi connectivity index (χ3n) is 3.89. The first kappa shape index (κ1) is 14.9. The predicted molar refractivity (Wildman–Crippen MR) is 81.7 cm³/mol. The third kappa shape index (κ3) is 3.76. The Morgan fingerprint density at radius 2 is 2.35 bits per heavy atom. The van der Waals surface area contributed by atoms with Crippen LogP contribution in [-0.2, 0) is 6.54 Å². The Hall–Kier alpha value is -1.49. The molecule has 0 radical (unpaired) electrons. The lowest BCUT2D eigenvalue weighted by atomic mass is 9.98. The van der Waals surface area contributed by atoms with Crippen LogP contribution in [0.1, 0.15) is 36.7 Å². The molecule has 5 heteroatoms. The number of nitrogens with one attached hydrogen (secondary N) is 1. The van der Waals surface area contributed by atoms with E-state index in [2.05, 4.69) is 24.2 Å². The van der Waals surface area contributed by atoms with Gasteiger partial charge in [0.05, 0.1) is 5.69 Å². The minimum absolute atomic E-state index is 0.0108. The van der Waals surface area contributed by atoms with Crippen molar-refractivity contribution in [2.45, 2.75) is 32.7 Å². The average molecular weight is 278 g/mol. The number of aryl methyl sites for hydroxylation is 1. The van der Waals surface area contributed by atoms with Crippen molar-refractivity contribution in [3.63, 3.8) is 0 Å². The van der Waals surface area contributed by atoms with Crippen LogP contribution in [0.5, 0.6) is 0 Å². The van der Waals surface area contributed by atoms with E-state index in [1.165, 1.54) is 19.4 Å². The number of rotatable bonds is 5. The van der Waals surface area contributed by atoms with Crippen molar-refractivity contribution >= 4 is 11.6 Å². The van der Waals surface area contributed by atoms with Crippen LogP contribution >= 0.6 is 0 Å². The second-order valence-electron chi connectivity index (χ2n) is 5.83. The van der Waals surface area contributed by atoms with Crippen LogP contribution < -0.4 is 11.1 Å². The van der Waals surface area contributed by atoms with E-state index in [0.29, 0.717) is 17.3 Å². The zero-order valence-corrected chi connectivity index (χ0v) is 12.6. The standard InChI is InChI=1S/C15H26N4O/c1-3-6-19-11-13(16)8-14(19)15(20)17-9-12-5-4-7-18(2)10-12/h8,11-12H,3-7,9-10,16H2,1-2H3,(H,17,20). The Morgan fingerprint density at radius 1 is 1.55 bits per heavy atom. The molecule has 2 rings (SSSR count). The number of amides is 1. The highest BCUT2D eigenvalue weighted by Crippen LogP contribution is 2.15. The molecule has 20 heavy (non-hydrogen) atoms. The van der Waals surface area contributed by atoms with Gasteiger partial charge in [0.1, 0.15) is 5.69 Å². The maximum Gasteiger partial charge on any atom is 0.267 e. The monoisotopic (exact) mass is 278 g/mol. The molecule has 0 bridgehead atoms. The quantitative estimate of drug-likeness (QED) is 0.859. The van der Waals surface area contributed by atoms with Gasteiger partial charge >= 0.3 is 0 Å². The lowest BCUT2D eigenvalue weighted by Crippen LogP contribution is -2.39. The molecule has 1 aromatic rings. The Balaban J connectivity index is 1.91. The highest BCUT2D eigenvalue weighted by Gasteiger charge is 2.19. The van der Waals surface area contributed by atoms with E-state index in [1.807, 2.05) is 10.8 Å². The van der Waals surface area contributed by atoms with Gasteiger partial charge in [-0.1, -0.05) is 6.92 Å². The summed E-state index contributed by atoms with van der Waals surface area (Å²) in [6.45, 7) is 5.90. The number of nitrogens with zero attached hydrogens (tertiary/aromatic N) is 2. The van der Waals surface area contributed by atoms with E-state index in [9.17, 15) is 4.79 Å². The largest absolute Gasteiger partial charge is 0.397 e. The van der Waals surface area contributed by atoms with Crippen molar-refractivity contribution in [1.29, 1.82) is 0 Å². The molecule has 0 spiro atoms. The molecule has 0 saturated carbocycles. The normalized spacial score (nSPS) is 20.0. The molecular weight excluding hydrogens is 252 g/mol. The van der Waals surface area contributed by atoms with Crippen molar-refractivity contribution in [2.75, 3.05) is 32.4 Å². The second kappa shape index (κ2) is 6.79. The fourth-order valence-electron chi connectivity index (χ4n) is 2.92. The first-order valence-electron chi connectivity index (χ1n) is 7.52. The number of carbonyl (C=O) groups excluding carboxylic acids is 1. The highest BCUT2D eigenvalue weighted by atomic mass is 16.1. The van der Waals surface area contributed by atoms with Crippen LogP contribution in [-0.4, -0.2) is 42.1 Å². The topological polar surface area (TPSA) is 63.3 Å². The number of carbonyl (C=O) groups is 1. The van der Waals surface area contributed by atoms with Gasteiger partial charge in [-0.25, -0.2) is 0 Å². The van der Waals surface area contributed by atoms with Gasteiger partial charge < -0.3 is 20.5 Å². The molecule has 1 fully saturated rings. The summed E-state index contributed by atoms with van der Waals surface area (Å²) in [5.74, 6) is 0.549. The first-order chi connectivity index (χ1) is 9.60. The molecule has 1 aromatic heterocycles. The van der Waals surface area contributed by atoms with Gasteiger partial charge in [0.15, 0.2) is 0 Å². The van der Waals surface area contributed by atoms with Crippen LogP contribution in [0.15, 0.2) is 12.3 Å². The molecule has 2 heterocycles. The van der Waals surface area contributed by atoms with Gasteiger partial charge in [-0.05, 0) is 44.8 Å². The summed E-state index contributed by atoms with van der Waals surface area (Å²) in [7, 11) is 2.14. The van der Waals surface area contributed by atoms with Crippen LogP contribution in [0, 0.1) is 5.92 Å². The molecule has 1 unspecified atom stereocenters. The van der Waals surface area contributed by atoms with Gasteiger partial charge in [-0.15, -0.1) is 0 Å². The fourth-order valence-corrected chi connectivity index (χ4v) is 2.92. The summed E-state index contributed by atoms with van der Waals surface area (Å²) in [6.07, 6.45) is 5.24. The maximum absolute atomic E-state index is 12.3. The lowest BCUT2D eigenvalue weighted by Gasteiger charge is -2.29. The zero-order valence-electron chi connectivity index (χ0n) is 12.6. The van der Waals surface area contributed by atoms with Crippen LogP contribution in [0.25, 0.3) is 0 Å². The second-order valence-corrected chi connectivity index (χ2v) is 5.83. The van der Waals surface area contributed by atoms with Crippen LogP contribution in [0.4, 0.5) is 5.69 Å². The van der Waals surface area contributed by atoms with Crippen LogP contribution in [0.2, 0.25) is 0 Å². The third-order valence-corrected chi connectivity index (χ3v) is 3.89. The SMILES string of the molecule is CCCn1cc(N)cc1C(=O)NCC1CCCN(C)C1. The van der Waals surface area contributed by atoms with Crippen LogP contribution in [0.3, 0.4) is 0 Å². The van der Waals surface area contributed by atoms with E-state index >= 15 is 0 Å². The van der Waals surface area contributed by atoms with Gasteiger partial charge in [0.25, 0.3) is 5.91 Å². The lowest BCUT2D eigenvalue weighted by molar-refractivity contribution is 0.0927. The van der Waals surface area contributed by atoms with E-state index in [1.54, 1.807) is 6.07 Å². The number of nitrogen functional groups attached to an aromatic ring is 1. The van der Waals surface area contributed by atoms with Gasteiger partial charge in [0.2, 0.25) is 0 Å². The summed E-state index contributed by atoms with van der Waals surface area (Å²) in [4.78, 5) is 14.6. The average Bonchev–Trinajstić information content (AvgIpc) is 2.78. The van der Waals surface area contributed by atoms with Crippen molar-refractivity contribution in [1.82, 2.24) is 14.8 Å². The molecule has 5 nitrogen and oxygen atoms in total. The Kier molecular flexibility index (Phi) is 5.06. The summed E-state index contributed by atoms with van der Waals surface area (Å²) in [6, 6.07) is 1.76. The minimum Gasteiger partial charge on any atom is -0.397 e. The number of hydrogen-bond donors (Lipinski definition) is 2. The summed E-state index contributed by atoms with van der Waals surface area (Å²) < 4.78 is 1.94. The Bertz CT molecular complexity index is 455. The molecule has 0 aromatic carbocycles. The van der Waals surface area contributed by atoms with E-state index in [-0.39, 0.29) is 5.91 Å². The molecule has 1 aliphatic heterocycles. The number of nitrogens with two attached hydrogens (primary N) is 1. The van der Waals surface area contributed by atoms with E-state index < -0.39 is 0 Å². The van der Waals surface area contributed by atoms with Crippen molar-refractivity contribution in [3.05, 3.63) is 18.0 Å². The zero-order chi connectivity index (χ0) is 14.5. The van der Waals surface area contributed by atoms with Gasteiger partial charge in [0, 0.05) is 25.8 Å². The summed E-state index contributed by atoms with van der Waals surface area (Å²) >= 11 is 0. The summed E-state index contributed by atoms with van der Waals surface area (Å²) in [5.41, 5.74) is 7.13. The van der Waals surface area contributed by atoms with Gasteiger partial charge in [-0.2, -0.15) is 0 Å². The molecule has 1 saturated heterocycles. The molecule has 1 amide bonds. The maximum atomic E-state index is 12.3. The molecule has 1 aliphatic rings. The molecule has 1 atom stereocenters. The smallest absolute Gasteiger partial charge is 0.267 e. The van der Waals surface area contributed by atoms with E-state index in [4.69, 9.17) is 5.73 Å². The first-order valence-corrected chi connectivity index (χ1v) is 7.52. The predicted octanol–water partition coefficient (Wildman–Crippen LogP) is 1.55. The molecule has 112 valence electrons. The fraction of sp³-hybridized carbons (Fsp3) is 0.667. The number of hydrogen-bond acceptors (Lipinski definition) is 3. The van der Waals surface area contributed by atoms with E-state index in [0.717, 1.165) is 26.1 Å². The number of anilines is 1. The molecule has 0 aliphatic carbocycles. The number of aromatic nitrogens is 1. The molecular formula is C15H26N4O. The highest BCUT2D eigenvalue weighted by molar-refractivity contribution is 5.93. The Labute approximate surface area is 121 Å². The number of likely N-dealkylation sites (tertiary alicyclic amines) is 1.